The van der Waals surface area contributed by atoms with E-state index >= 15 is 0 Å². The van der Waals surface area contributed by atoms with E-state index in [2.05, 4.69) is 28.8 Å². The monoisotopic (exact) mass is 262 g/mol. The average Bonchev–Trinajstić information content (AvgIpc) is 2.62. The lowest BCUT2D eigenvalue weighted by Gasteiger charge is -2.15. The van der Waals surface area contributed by atoms with Gasteiger partial charge in [-0.2, -0.15) is 0 Å². The number of carbonyl (C=O) groups excluding carboxylic acids is 1. The standard InChI is InChI=1S/C15H22N2O2/c1-19-11-13-5-2-4-12(8-13)10-17-14-6-3-7-16-15(18)9-14/h2,4-5,8,14,17H,3,6-7,9-11H2,1H3,(H,16,18). The van der Waals surface area contributed by atoms with Crippen LogP contribution in [0.4, 0.5) is 0 Å². The van der Waals surface area contributed by atoms with Crippen molar-refractivity contribution in [3.8, 4) is 0 Å². The lowest BCUT2D eigenvalue weighted by atomic mass is 10.1. The van der Waals surface area contributed by atoms with Gasteiger partial charge in [0.1, 0.15) is 0 Å². The molecule has 4 heteroatoms. The van der Waals surface area contributed by atoms with E-state index in [-0.39, 0.29) is 11.9 Å². The smallest absolute Gasteiger partial charge is 0.221 e. The molecule has 0 spiro atoms. The molecule has 0 aromatic heterocycles. The molecule has 0 saturated carbocycles. The van der Waals surface area contributed by atoms with Crippen molar-refractivity contribution in [2.75, 3.05) is 13.7 Å². The first-order valence-corrected chi connectivity index (χ1v) is 6.85. The second-order valence-corrected chi connectivity index (χ2v) is 5.03. The molecule has 1 fully saturated rings. The van der Waals surface area contributed by atoms with Gasteiger partial charge in [-0.3, -0.25) is 4.79 Å². The minimum atomic E-state index is 0.156. The lowest BCUT2D eigenvalue weighted by molar-refractivity contribution is -0.121. The topological polar surface area (TPSA) is 50.4 Å². The highest BCUT2D eigenvalue weighted by Gasteiger charge is 2.16. The predicted molar refractivity (Wildman–Crippen MR) is 74.6 cm³/mol. The molecule has 19 heavy (non-hydrogen) atoms. The Kier molecular flexibility index (Phi) is 5.36. The van der Waals surface area contributed by atoms with Crippen LogP contribution in [0.15, 0.2) is 24.3 Å². The van der Waals surface area contributed by atoms with Crippen molar-refractivity contribution in [2.45, 2.75) is 38.5 Å². The molecule has 4 nitrogen and oxygen atoms in total. The second kappa shape index (κ2) is 7.26. The number of rotatable bonds is 5. The molecule has 1 aliphatic rings. The number of benzene rings is 1. The predicted octanol–water partition coefficient (Wildman–Crippen LogP) is 1.59. The molecular formula is C15H22N2O2. The number of carbonyl (C=O) groups is 1. The summed E-state index contributed by atoms with van der Waals surface area (Å²) >= 11 is 0. The van der Waals surface area contributed by atoms with E-state index in [0.717, 1.165) is 25.9 Å². The molecule has 2 N–H and O–H groups in total. The Balaban J connectivity index is 1.87. The Bertz CT molecular complexity index is 420. The summed E-state index contributed by atoms with van der Waals surface area (Å²) in [6, 6.07) is 8.64. The quantitative estimate of drug-likeness (QED) is 0.847. The van der Waals surface area contributed by atoms with Crippen LogP contribution in [0.2, 0.25) is 0 Å². The summed E-state index contributed by atoms with van der Waals surface area (Å²) in [5.41, 5.74) is 2.42. The summed E-state index contributed by atoms with van der Waals surface area (Å²) in [5, 5.41) is 6.38. The third-order valence-electron chi connectivity index (χ3n) is 3.38. The number of hydrogen-bond acceptors (Lipinski definition) is 3. The molecular weight excluding hydrogens is 240 g/mol. The zero-order valence-corrected chi connectivity index (χ0v) is 11.4. The molecule has 0 aliphatic carbocycles. The summed E-state index contributed by atoms with van der Waals surface area (Å²) in [5.74, 6) is 0.156. The molecule has 1 atom stereocenters. The van der Waals surface area contributed by atoms with E-state index in [0.29, 0.717) is 13.0 Å². The third-order valence-corrected chi connectivity index (χ3v) is 3.38. The van der Waals surface area contributed by atoms with Gasteiger partial charge >= 0.3 is 0 Å². The van der Waals surface area contributed by atoms with E-state index < -0.39 is 0 Å². The first-order valence-electron chi connectivity index (χ1n) is 6.85. The van der Waals surface area contributed by atoms with Gasteiger partial charge in [-0.05, 0) is 24.0 Å². The van der Waals surface area contributed by atoms with Crippen molar-refractivity contribution in [2.24, 2.45) is 0 Å². The maximum Gasteiger partial charge on any atom is 0.221 e. The van der Waals surface area contributed by atoms with Crippen LogP contribution in [0.5, 0.6) is 0 Å². The SMILES string of the molecule is COCc1cccc(CNC2CCCNC(=O)C2)c1. The number of amides is 1. The van der Waals surface area contributed by atoms with Gasteiger partial charge in [0.2, 0.25) is 5.91 Å². The summed E-state index contributed by atoms with van der Waals surface area (Å²) in [4.78, 5) is 11.5. The lowest BCUT2D eigenvalue weighted by Crippen LogP contribution is -2.32. The third kappa shape index (κ3) is 4.65. The fourth-order valence-corrected chi connectivity index (χ4v) is 2.41. The van der Waals surface area contributed by atoms with Crippen LogP contribution in [0.3, 0.4) is 0 Å². The number of hydrogen-bond donors (Lipinski definition) is 2. The Labute approximate surface area is 114 Å². The van der Waals surface area contributed by atoms with E-state index in [9.17, 15) is 4.79 Å². The van der Waals surface area contributed by atoms with Gasteiger partial charge in [-0.25, -0.2) is 0 Å². The van der Waals surface area contributed by atoms with Crippen LogP contribution in [-0.4, -0.2) is 25.6 Å². The minimum Gasteiger partial charge on any atom is -0.380 e. The Hall–Kier alpha value is -1.39. The zero-order chi connectivity index (χ0) is 13.5. The van der Waals surface area contributed by atoms with Gasteiger partial charge in [0.15, 0.2) is 0 Å². The van der Waals surface area contributed by atoms with Gasteiger partial charge in [0.25, 0.3) is 0 Å². The molecule has 0 radical (unpaired) electrons. The first-order chi connectivity index (χ1) is 9.28. The molecule has 1 amide bonds. The maximum absolute atomic E-state index is 11.5. The van der Waals surface area contributed by atoms with Crippen molar-refractivity contribution < 1.29 is 9.53 Å². The largest absolute Gasteiger partial charge is 0.380 e. The van der Waals surface area contributed by atoms with E-state index in [1.165, 1.54) is 11.1 Å². The van der Waals surface area contributed by atoms with E-state index in [4.69, 9.17) is 4.74 Å². The number of methoxy groups -OCH3 is 1. The van der Waals surface area contributed by atoms with Gasteiger partial charge in [0, 0.05) is 32.7 Å². The van der Waals surface area contributed by atoms with Crippen molar-refractivity contribution in [1.29, 1.82) is 0 Å². The number of nitrogens with one attached hydrogen (secondary N) is 2. The summed E-state index contributed by atoms with van der Waals surface area (Å²) < 4.78 is 5.13. The molecule has 1 aromatic rings. The highest BCUT2D eigenvalue weighted by Crippen LogP contribution is 2.10. The Morgan fingerprint density at radius 2 is 2.26 bits per heavy atom. The fraction of sp³-hybridized carbons (Fsp3) is 0.533. The normalized spacial score (nSPS) is 19.8. The van der Waals surface area contributed by atoms with Crippen LogP contribution < -0.4 is 10.6 Å². The summed E-state index contributed by atoms with van der Waals surface area (Å²) in [6.45, 7) is 2.25. The maximum atomic E-state index is 11.5. The molecule has 1 saturated heterocycles. The highest BCUT2D eigenvalue weighted by atomic mass is 16.5. The molecule has 104 valence electrons. The van der Waals surface area contributed by atoms with Crippen LogP contribution in [0, 0.1) is 0 Å². The average molecular weight is 262 g/mol. The summed E-state index contributed by atoms with van der Waals surface area (Å²) in [7, 11) is 1.70. The van der Waals surface area contributed by atoms with Gasteiger partial charge in [-0.1, -0.05) is 24.3 Å². The second-order valence-electron chi connectivity index (χ2n) is 5.03. The Morgan fingerprint density at radius 3 is 3.11 bits per heavy atom. The molecule has 1 aliphatic heterocycles. The molecule has 1 heterocycles. The van der Waals surface area contributed by atoms with Crippen molar-refractivity contribution in [1.82, 2.24) is 10.6 Å². The van der Waals surface area contributed by atoms with Crippen molar-refractivity contribution >= 4 is 5.91 Å². The Morgan fingerprint density at radius 1 is 1.42 bits per heavy atom. The highest BCUT2D eigenvalue weighted by molar-refractivity contribution is 5.76. The number of ether oxygens (including phenoxy) is 1. The fourth-order valence-electron chi connectivity index (χ4n) is 2.41. The van der Waals surface area contributed by atoms with Crippen LogP contribution in [0.1, 0.15) is 30.4 Å². The zero-order valence-electron chi connectivity index (χ0n) is 11.4. The molecule has 1 aromatic carbocycles. The van der Waals surface area contributed by atoms with E-state index in [1.54, 1.807) is 7.11 Å². The molecule has 1 unspecified atom stereocenters. The van der Waals surface area contributed by atoms with E-state index in [1.807, 2.05) is 6.07 Å². The van der Waals surface area contributed by atoms with Crippen LogP contribution in [-0.2, 0) is 22.7 Å². The van der Waals surface area contributed by atoms with Gasteiger partial charge < -0.3 is 15.4 Å². The summed E-state index contributed by atoms with van der Waals surface area (Å²) in [6.07, 6.45) is 2.68. The van der Waals surface area contributed by atoms with Gasteiger partial charge in [0.05, 0.1) is 6.61 Å². The van der Waals surface area contributed by atoms with Crippen molar-refractivity contribution in [3.05, 3.63) is 35.4 Å². The molecule has 0 bridgehead atoms. The van der Waals surface area contributed by atoms with Crippen LogP contribution in [0.25, 0.3) is 0 Å². The molecule has 2 rings (SSSR count). The van der Waals surface area contributed by atoms with Crippen LogP contribution >= 0.6 is 0 Å². The minimum absolute atomic E-state index is 0.156. The van der Waals surface area contributed by atoms with Crippen molar-refractivity contribution in [3.63, 3.8) is 0 Å². The first kappa shape index (κ1) is 14.0. The van der Waals surface area contributed by atoms with Gasteiger partial charge in [-0.15, -0.1) is 0 Å².